The molecule has 2 aromatic carbocycles. The van der Waals surface area contributed by atoms with Crippen molar-refractivity contribution in [2.45, 2.75) is 23.8 Å². The van der Waals surface area contributed by atoms with Gasteiger partial charge in [-0.25, -0.2) is 8.42 Å². The number of fused-ring (bicyclic) bond motifs is 1. The summed E-state index contributed by atoms with van der Waals surface area (Å²) in [5.74, 6) is -0.0505. The molecule has 0 saturated heterocycles. The van der Waals surface area contributed by atoms with Gasteiger partial charge in [0, 0.05) is 47.1 Å². The first-order chi connectivity index (χ1) is 28.3. The second-order valence-electron chi connectivity index (χ2n) is 13.0. The fourth-order valence-corrected chi connectivity index (χ4v) is 7.66. The van der Waals surface area contributed by atoms with Crippen molar-refractivity contribution >= 4 is 33.0 Å². The Bertz CT molecular complexity index is 1560. The minimum absolute atomic E-state index is 0.0114. The lowest BCUT2D eigenvalue weighted by molar-refractivity contribution is -0.0263. The smallest absolute Gasteiger partial charge is 0.178 e. The van der Waals surface area contributed by atoms with Crippen molar-refractivity contribution in [3.05, 3.63) is 73.6 Å². The number of halogens is 2. The second-order valence-corrected chi connectivity index (χ2v) is 16.0. The molecule has 19 heteroatoms. The van der Waals surface area contributed by atoms with Gasteiger partial charge in [-0.2, -0.15) is 0 Å². The Labute approximate surface area is 353 Å². The summed E-state index contributed by atoms with van der Waals surface area (Å²) in [6, 6.07) is 10.9. The van der Waals surface area contributed by atoms with Crippen molar-refractivity contribution in [2.24, 2.45) is 5.11 Å². The van der Waals surface area contributed by atoms with Gasteiger partial charge >= 0.3 is 0 Å². The molecule has 1 heterocycles. The first-order valence-corrected chi connectivity index (χ1v) is 22.0. The number of nitrogens with zero attached hydrogens (tertiary/aromatic N) is 4. The molecule has 0 fully saturated rings. The predicted octanol–water partition coefficient (Wildman–Crippen LogP) is 5.21. The van der Waals surface area contributed by atoms with Crippen molar-refractivity contribution in [3.63, 3.8) is 0 Å². The Balaban J connectivity index is 1.05. The van der Waals surface area contributed by atoms with Gasteiger partial charge in [-0.1, -0.05) is 40.4 Å². The van der Waals surface area contributed by atoms with Crippen LogP contribution in [0.5, 0.6) is 0 Å². The number of azide groups is 1. The van der Waals surface area contributed by atoms with Crippen LogP contribution < -0.4 is 0 Å². The van der Waals surface area contributed by atoms with Crippen LogP contribution in [0.1, 0.15) is 29.0 Å². The maximum absolute atomic E-state index is 13.2. The second kappa shape index (κ2) is 31.7. The minimum atomic E-state index is -3.49. The summed E-state index contributed by atoms with van der Waals surface area (Å²) in [4.78, 5) is 5.13. The van der Waals surface area contributed by atoms with E-state index in [0.717, 1.165) is 23.2 Å². The van der Waals surface area contributed by atoms with Gasteiger partial charge in [0.2, 0.25) is 0 Å². The van der Waals surface area contributed by atoms with Gasteiger partial charge in [-0.15, -0.1) is 0 Å². The third-order valence-electron chi connectivity index (χ3n) is 8.56. The Kier molecular flexibility index (Phi) is 27.4. The Hall–Kier alpha value is -2.16. The normalized spacial score (nSPS) is 14.4. The van der Waals surface area contributed by atoms with Crippen molar-refractivity contribution in [2.75, 3.05) is 158 Å². The molecule has 1 atom stereocenters. The highest BCUT2D eigenvalue weighted by atomic mass is 35.5. The van der Waals surface area contributed by atoms with E-state index < -0.39 is 9.84 Å². The van der Waals surface area contributed by atoms with Gasteiger partial charge in [0.1, 0.15) is 0 Å². The molecule has 1 aliphatic heterocycles. The molecule has 0 N–H and O–H groups in total. The summed E-state index contributed by atoms with van der Waals surface area (Å²) < 4.78 is 81.0. The van der Waals surface area contributed by atoms with Crippen molar-refractivity contribution in [1.82, 2.24) is 4.90 Å². The molecule has 328 valence electrons. The van der Waals surface area contributed by atoms with E-state index >= 15 is 0 Å². The van der Waals surface area contributed by atoms with Gasteiger partial charge in [0.15, 0.2) is 9.84 Å². The van der Waals surface area contributed by atoms with Crippen molar-refractivity contribution in [1.29, 1.82) is 0 Å². The van der Waals surface area contributed by atoms with E-state index in [1.807, 2.05) is 19.2 Å². The molecule has 3 rings (SSSR count). The molecule has 0 bridgehead atoms. The van der Waals surface area contributed by atoms with Crippen LogP contribution in [0.2, 0.25) is 10.0 Å². The maximum atomic E-state index is 13.2. The molecule has 0 radical (unpaired) electrons. The molecule has 0 saturated carbocycles. The van der Waals surface area contributed by atoms with E-state index in [2.05, 4.69) is 14.9 Å². The van der Waals surface area contributed by atoms with Gasteiger partial charge in [-0.05, 0) is 60.0 Å². The van der Waals surface area contributed by atoms with Crippen LogP contribution in [-0.4, -0.2) is 171 Å². The summed E-state index contributed by atoms with van der Waals surface area (Å²) >= 11 is 12.8. The first kappa shape index (κ1) is 50.2. The third kappa shape index (κ3) is 21.9. The summed E-state index contributed by atoms with van der Waals surface area (Å²) in [6.07, 6.45) is 0.378. The van der Waals surface area contributed by atoms with Crippen molar-refractivity contribution < 1.29 is 55.8 Å². The highest BCUT2D eigenvalue weighted by molar-refractivity contribution is 7.91. The highest BCUT2D eigenvalue weighted by Gasteiger charge is 2.28. The zero-order valence-electron chi connectivity index (χ0n) is 33.6. The predicted molar refractivity (Wildman–Crippen MR) is 220 cm³/mol. The number of likely N-dealkylation sites (N-methyl/N-ethyl adjacent to an activating group) is 1. The number of rotatable bonds is 36. The number of benzene rings is 2. The standard InChI is InChI=1S/C39H60Cl2N4O12S/c1-45-31-37(36-29-34(40)30-39(41)38(36)32-45)33-4-2-5-35(28-33)58(46,47)27-3-7-48-9-11-50-13-15-52-17-19-54-21-23-56-25-26-57-24-22-55-20-18-53-16-14-51-12-10-49-8-6-43-44-42/h2,4-5,28-30,37H,3,6-27,31-32H2,1H3. The molecule has 16 nitrogen and oxygen atoms in total. The molecule has 58 heavy (non-hydrogen) atoms. The van der Waals surface area contributed by atoms with Crippen LogP contribution in [0.25, 0.3) is 10.4 Å². The molecular weight excluding hydrogens is 819 g/mol. The van der Waals surface area contributed by atoms with Crippen LogP contribution in [-0.2, 0) is 63.8 Å². The lowest BCUT2D eigenvalue weighted by Crippen LogP contribution is -2.31. The lowest BCUT2D eigenvalue weighted by Gasteiger charge is -2.33. The minimum Gasteiger partial charge on any atom is -0.379 e. The van der Waals surface area contributed by atoms with E-state index in [1.165, 1.54) is 0 Å². The SMILES string of the molecule is CN1Cc2c(Cl)cc(Cl)cc2C(c2cccc(S(=O)(=O)CCCOCCOCCOCCOCCOCCOCCOCCOCCOCCOCCN=[N+]=[N-])c2)C1. The molecular formula is C39H60Cl2N4O12S. The Morgan fingerprint density at radius 3 is 1.59 bits per heavy atom. The van der Waals surface area contributed by atoms with Gasteiger partial charge in [0.05, 0.1) is 136 Å². The topological polar surface area (TPSA) is 178 Å². The van der Waals surface area contributed by atoms with E-state index in [1.54, 1.807) is 24.3 Å². The summed E-state index contributed by atoms with van der Waals surface area (Å²) in [7, 11) is -1.47. The summed E-state index contributed by atoms with van der Waals surface area (Å²) in [5, 5.41) is 4.57. The fourth-order valence-electron chi connectivity index (χ4n) is 5.76. The molecule has 0 spiro atoms. The summed E-state index contributed by atoms with van der Waals surface area (Å²) in [6.45, 7) is 10.6. The maximum Gasteiger partial charge on any atom is 0.178 e. The average Bonchev–Trinajstić information content (AvgIpc) is 3.21. The quantitative estimate of drug-likeness (QED) is 0.0378. The molecule has 0 aliphatic carbocycles. The first-order valence-electron chi connectivity index (χ1n) is 19.6. The number of hydrogen-bond donors (Lipinski definition) is 0. The van der Waals surface area contributed by atoms with E-state index in [0.29, 0.717) is 167 Å². The zero-order valence-corrected chi connectivity index (χ0v) is 35.9. The molecule has 0 amide bonds. The Morgan fingerprint density at radius 1 is 0.672 bits per heavy atom. The fraction of sp³-hybridized carbons (Fsp3) is 0.692. The number of ether oxygens (including phenoxy) is 10. The van der Waals surface area contributed by atoms with Crippen LogP contribution in [0.15, 0.2) is 46.4 Å². The molecule has 1 aliphatic rings. The largest absolute Gasteiger partial charge is 0.379 e. The van der Waals surface area contributed by atoms with Crippen LogP contribution in [0.3, 0.4) is 0 Å². The van der Waals surface area contributed by atoms with Crippen LogP contribution >= 0.6 is 23.2 Å². The van der Waals surface area contributed by atoms with Gasteiger partial charge in [-0.3, -0.25) is 0 Å². The van der Waals surface area contributed by atoms with E-state index in [4.69, 9.17) is 76.1 Å². The molecule has 2 aromatic rings. The van der Waals surface area contributed by atoms with Gasteiger partial charge in [0.25, 0.3) is 0 Å². The van der Waals surface area contributed by atoms with E-state index in [9.17, 15) is 8.42 Å². The average molecular weight is 880 g/mol. The highest BCUT2D eigenvalue weighted by Crippen LogP contribution is 2.38. The van der Waals surface area contributed by atoms with Crippen molar-refractivity contribution in [3.8, 4) is 0 Å². The van der Waals surface area contributed by atoms with Crippen LogP contribution in [0.4, 0.5) is 0 Å². The monoisotopic (exact) mass is 878 g/mol. The molecule has 0 aromatic heterocycles. The number of sulfone groups is 1. The Morgan fingerprint density at radius 2 is 1.12 bits per heavy atom. The van der Waals surface area contributed by atoms with Gasteiger partial charge < -0.3 is 52.3 Å². The van der Waals surface area contributed by atoms with Crippen LogP contribution in [0, 0.1) is 0 Å². The molecule has 1 unspecified atom stereocenters. The lowest BCUT2D eigenvalue weighted by atomic mass is 9.85. The number of hydrogen-bond acceptors (Lipinski definition) is 14. The van der Waals surface area contributed by atoms with E-state index in [-0.39, 0.29) is 11.7 Å². The zero-order chi connectivity index (χ0) is 41.5. The third-order valence-corrected chi connectivity index (χ3v) is 10.9. The summed E-state index contributed by atoms with van der Waals surface area (Å²) in [5.41, 5.74) is 11.1.